The second-order valence-corrected chi connectivity index (χ2v) is 9.45. The van der Waals surface area contributed by atoms with Crippen molar-refractivity contribution in [1.29, 1.82) is 0 Å². The highest BCUT2D eigenvalue weighted by Crippen LogP contribution is 2.35. The third kappa shape index (κ3) is 3.90. The standard InChI is InChI=1S/C19H20ClN5OS2/c1-11-10-16(23-13(3)21-11)24-6-8-25(9-7-24)19(26)17-12(2)22-18(28-17)14-4-5-15(20)27-14/h4-5,10H,6-9H2,1-3H3. The lowest BCUT2D eigenvalue weighted by Crippen LogP contribution is -2.49. The molecule has 0 spiro atoms. The number of piperazine rings is 1. The Balaban J connectivity index is 1.46. The molecule has 1 saturated heterocycles. The van der Waals surface area contributed by atoms with Gasteiger partial charge in [-0.25, -0.2) is 15.0 Å². The Labute approximate surface area is 176 Å². The molecule has 0 bridgehead atoms. The van der Waals surface area contributed by atoms with Crippen LogP contribution in [0, 0.1) is 20.8 Å². The fourth-order valence-corrected chi connectivity index (χ4v) is 5.40. The van der Waals surface area contributed by atoms with E-state index in [1.807, 2.05) is 43.9 Å². The van der Waals surface area contributed by atoms with Crippen molar-refractivity contribution in [2.24, 2.45) is 0 Å². The zero-order valence-electron chi connectivity index (χ0n) is 15.9. The van der Waals surface area contributed by atoms with E-state index in [0.29, 0.717) is 18.0 Å². The summed E-state index contributed by atoms with van der Waals surface area (Å²) in [5, 5.41) is 0.850. The second-order valence-electron chi connectivity index (χ2n) is 6.73. The summed E-state index contributed by atoms with van der Waals surface area (Å²) in [5.41, 5.74) is 1.74. The summed E-state index contributed by atoms with van der Waals surface area (Å²) in [5.74, 6) is 1.76. The van der Waals surface area contributed by atoms with E-state index in [2.05, 4.69) is 19.9 Å². The van der Waals surface area contributed by atoms with Crippen LogP contribution in [0.15, 0.2) is 18.2 Å². The molecule has 28 heavy (non-hydrogen) atoms. The van der Waals surface area contributed by atoms with Crippen molar-refractivity contribution < 1.29 is 4.79 Å². The van der Waals surface area contributed by atoms with E-state index < -0.39 is 0 Å². The number of rotatable bonds is 3. The van der Waals surface area contributed by atoms with Crippen molar-refractivity contribution in [3.8, 4) is 9.88 Å². The van der Waals surface area contributed by atoms with Gasteiger partial charge in [0.2, 0.25) is 0 Å². The van der Waals surface area contributed by atoms with Gasteiger partial charge >= 0.3 is 0 Å². The van der Waals surface area contributed by atoms with Crippen LogP contribution in [0.3, 0.4) is 0 Å². The first-order chi connectivity index (χ1) is 13.4. The summed E-state index contributed by atoms with van der Waals surface area (Å²) in [6.07, 6.45) is 0. The van der Waals surface area contributed by atoms with Gasteiger partial charge in [0.05, 0.1) is 14.9 Å². The van der Waals surface area contributed by atoms with Crippen molar-refractivity contribution in [2.75, 3.05) is 31.1 Å². The van der Waals surface area contributed by atoms with Crippen LogP contribution in [0.5, 0.6) is 0 Å². The van der Waals surface area contributed by atoms with E-state index in [9.17, 15) is 4.79 Å². The molecular formula is C19H20ClN5OS2. The van der Waals surface area contributed by atoms with Crippen LogP contribution in [0.25, 0.3) is 9.88 Å². The van der Waals surface area contributed by atoms with Crippen molar-refractivity contribution in [2.45, 2.75) is 20.8 Å². The predicted molar refractivity (Wildman–Crippen MR) is 115 cm³/mol. The lowest BCUT2D eigenvalue weighted by molar-refractivity contribution is 0.0750. The Morgan fingerprint density at radius 3 is 2.43 bits per heavy atom. The van der Waals surface area contributed by atoms with E-state index in [1.165, 1.54) is 22.7 Å². The Morgan fingerprint density at radius 2 is 1.79 bits per heavy atom. The van der Waals surface area contributed by atoms with Crippen LogP contribution >= 0.6 is 34.3 Å². The molecule has 6 nitrogen and oxygen atoms in total. The number of thiophene rings is 1. The van der Waals surface area contributed by atoms with Gasteiger partial charge in [-0.2, -0.15) is 0 Å². The predicted octanol–water partition coefficient (Wildman–Crippen LogP) is 4.20. The Bertz CT molecular complexity index is 1000. The van der Waals surface area contributed by atoms with Crippen molar-refractivity contribution in [1.82, 2.24) is 19.9 Å². The Kier molecular flexibility index (Phi) is 5.35. The van der Waals surface area contributed by atoms with Crippen LogP contribution < -0.4 is 4.90 Å². The summed E-state index contributed by atoms with van der Waals surface area (Å²) in [6.45, 7) is 8.62. The molecule has 146 valence electrons. The summed E-state index contributed by atoms with van der Waals surface area (Å²) in [7, 11) is 0. The molecule has 1 amide bonds. The van der Waals surface area contributed by atoms with Gasteiger partial charge in [-0.05, 0) is 32.9 Å². The Morgan fingerprint density at radius 1 is 1.04 bits per heavy atom. The molecule has 0 N–H and O–H groups in total. The van der Waals surface area contributed by atoms with Crippen LogP contribution in [0.4, 0.5) is 5.82 Å². The number of anilines is 1. The minimum absolute atomic E-state index is 0.0543. The number of halogens is 1. The smallest absolute Gasteiger partial charge is 0.265 e. The number of aromatic nitrogens is 3. The maximum Gasteiger partial charge on any atom is 0.265 e. The molecule has 0 aromatic carbocycles. The van der Waals surface area contributed by atoms with Crippen molar-refractivity contribution in [3.05, 3.63) is 44.6 Å². The third-order valence-corrected chi connectivity index (χ3v) is 7.16. The van der Waals surface area contributed by atoms with Gasteiger partial charge in [0, 0.05) is 37.9 Å². The first kappa shape index (κ1) is 19.3. The zero-order valence-corrected chi connectivity index (χ0v) is 18.3. The molecule has 1 aliphatic heterocycles. The van der Waals surface area contributed by atoms with Crippen LogP contribution in [0.1, 0.15) is 26.9 Å². The summed E-state index contributed by atoms with van der Waals surface area (Å²) in [4.78, 5) is 32.3. The van der Waals surface area contributed by atoms with E-state index in [-0.39, 0.29) is 5.91 Å². The topological polar surface area (TPSA) is 62.2 Å². The van der Waals surface area contributed by atoms with E-state index in [0.717, 1.165) is 50.3 Å². The van der Waals surface area contributed by atoms with E-state index >= 15 is 0 Å². The number of carbonyl (C=O) groups excluding carboxylic acids is 1. The monoisotopic (exact) mass is 433 g/mol. The molecule has 3 aromatic rings. The van der Waals surface area contributed by atoms with Crippen molar-refractivity contribution >= 4 is 46.0 Å². The van der Waals surface area contributed by atoms with E-state index in [4.69, 9.17) is 11.6 Å². The fraction of sp³-hybridized carbons (Fsp3) is 0.368. The molecule has 3 aromatic heterocycles. The molecule has 9 heteroatoms. The number of carbonyl (C=O) groups is 1. The second kappa shape index (κ2) is 7.77. The molecule has 0 atom stereocenters. The normalized spacial score (nSPS) is 14.6. The first-order valence-electron chi connectivity index (χ1n) is 9.00. The average Bonchev–Trinajstić information content (AvgIpc) is 3.26. The minimum Gasteiger partial charge on any atom is -0.353 e. The number of hydrogen-bond acceptors (Lipinski definition) is 7. The maximum absolute atomic E-state index is 13.1. The lowest BCUT2D eigenvalue weighted by Gasteiger charge is -2.35. The molecule has 0 radical (unpaired) electrons. The van der Waals surface area contributed by atoms with Crippen molar-refractivity contribution in [3.63, 3.8) is 0 Å². The number of thiazole rings is 1. The fourth-order valence-electron chi connectivity index (χ4n) is 3.27. The van der Waals surface area contributed by atoms with Gasteiger partial charge in [-0.1, -0.05) is 11.6 Å². The number of aryl methyl sites for hydroxylation is 3. The SMILES string of the molecule is Cc1cc(N2CCN(C(=O)c3sc(-c4ccc(Cl)s4)nc3C)CC2)nc(C)n1. The van der Waals surface area contributed by atoms with Gasteiger partial charge in [0.1, 0.15) is 21.5 Å². The summed E-state index contributed by atoms with van der Waals surface area (Å²) in [6, 6.07) is 5.80. The lowest BCUT2D eigenvalue weighted by atomic mass is 10.2. The number of hydrogen-bond donors (Lipinski definition) is 0. The Hall–Kier alpha value is -2.03. The average molecular weight is 434 g/mol. The van der Waals surface area contributed by atoms with Gasteiger partial charge in [-0.3, -0.25) is 4.79 Å². The molecule has 1 aliphatic rings. The number of amides is 1. The molecule has 0 saturated carbocycles. The molecule has 4 heterocycles. The van der Waals surface area contributed by atoms with Crippen LogP contribution in [0.2, 0.25) is 4.34 Å². The molecule has 4 rings (SSSR count). The first-order valence-corrected chi connectivity index (χ1v) is 11.0. The van der Waals surface area contributed by atoms with Crippen LogP contribution in [-0.2, 0) is 0 Å². The van der Waals surface area contributed by atoms with Gasteiger partial charge < -0.3 is 9.80 Å². The van der Waals surface area contributed by atoms with Gasteiger partial charge in [-0.15, -0.1) is 22.7 Å². The number of nitrogens with zero attached hydrogens (tertiary/aromatic N) is 5. The quantitative estimate of drug-likeness (QED) is 0.619. The summed E-state index contributed by atoms with van der Waals surface area (Å²) < 4.78 is 0.724. The highest BCUT2D eigenvalue weighted by Gasteiger charge is 2.26. The molecule has 0 aliphatic carbocycles. The van der Waals surface area contributed by atoms with E-state index in [1.54, 1.807) is 0 Å². The van der Waals surface area contributed by atoms with Gasteiger partial charge in [0.25, 0.3) is 5.91 Å². The minimum atomic E-state index is 0.0543. The summed E-state index contributed by atoms with van der Waals surface area (Å²) >= 11 is 8.96. The highest BCUT2D eigenvalue weighted by molar-refractivity contribution is 7.24. The molecule has 0 unspecified atom stereocenters. The molecular weight excluding hydrogens is 414 g/mol. The largest absolute Gasteiger partial charge is 0.353 e. The zero-order chi connectivity index (χ0) is 19.8. The molecule has 1 fully saturated rings. The highest BCUT2D eigenvalue weighted by atomic mass is 35.5. The maximum atomic E-state index is 13.1. The van der Waals surface area contributed by atoms with Crippen LogP contribution in [-0.4, -0.2) is 51.9 Å². The third-order valence-electron chi connectivity index (χ3n) is 4.62. The van der Waals surface area contributed by atoms with Gasteiger partial charge in [0.15, 0.2) is 0 Å².